The number of nitrogens with zero attached hydrogens (tertiary/aromatic N) is 4. The van der Waals surface area contributed by atoms with Crippen LogP contribution in [0.15, 0.2) is 18.5 Å². The van der Waals surface area contributed by atoms with E-state index < -0.39 is 0 Å². The largest absolute Gasteiger partial charge is 0.369 e. The lowest BCUT2D eigenvalue weighted by Gasteiger charge is -2.31. The van der Waals surface area contributed by atoms with E-state index in [0.717, 1.165) is 37.3 Å². The second-order valence-corrected chi connectivity index (χ2v) is 6.09. The Morgan fingerprint density at radius 1 is 1.24 bits per heavy atom. The van der Waals surface area contributed by atoms with E-state index in [0.29, 0.717) is 5.92 Å². The van der Waals surface area contributed by atoms with Crippen LogP contribution < -0.4 is 10.6 Å². The van der Waals surface area contributed by atoms with Crippen molar-refractivity contribution in [2.24, 2.45) is 11.7 Å². The number of aromatic nitrogens is 3. The number of fused-ring (bicyclic) bond motifs is 1. The minimum Gasteiger partial charge on any atom is -0.369 e. The topological polar surface area (TPSA) is 76.5 Å². The highest BCUT2D eigenvalue weighted by atomic mass is 16.1. The van der Waals surface area contributed by atoms with Crippen LogP contribution in [0.2, 0.25) is 0 Å². The zero-order chi connectivity index (χ0) is 14.4. The fourth-order valence-corrected chi connectivity index (χ4v) is 3.13. The Morgan fingerprint density at radius 3 is 2.67 bits per heavy atom. The predicted molar refractivity (Wildman–Crippen MR) is 79.1 cm³/mol. The maximum absolute atomic E-state index is 11.3. The molecule has 1 saturated heterocycles. The maximum Gasteiger partial charge on any atom is 0.220 e. The summed E-state index contributed by atoms with van der Waals surface area (Å²) in [6.45, 7) is 1.65. The molecule has 1 saturated carbocycles. The van der Waals surface area contributed by atoms with Gasteiger partial charge in [0, 0.05) is 37.3 Å². The number of carbonyl (C=O) groups excluding carboxylic acids is 1. The molecule has 2 aromatic rings. The number of carbonyl (C=O) groups is 1. The minimum absolute atomic E-state index is 0.00733. The van der Waals surface area contributed by atoms with Crippen LogP contribution in [0, 0.1) is 5.92 Å². The van der Waals surface area contributed by atoms with E-state index in [1.165, 1.54) is 18.5 Å². The van der Waals surface area contributed by atoms with Crippen molar-refractivity contribution in [2.45, 2.75) is 31.6 Å². The number of piperidine rings is 1. The summed E-state index contributed by atoms with van der Waals surface area (Å²) in [5.74, 6) is 1.44. The molecule has 0 radical (unpaired) electrons. The van der Waals surface area contributed by atoms with Gasteiger partial charge in [-0.2, -0.15) is 5.10 Å². The van der Waals surface area contributed by atoms with Gasteiger partial charge in [-0.25, -0.2) is 9.50 Å². The van der Waals surface area contributed by atoms with Crippen molar-refractivity contribution >= 4 is 17.2 Å². The number of hydrogen-bond donors (Lipinski definition) is 1. The number of rotatable bonds is 3. The van der Waals surface area contributed by atoms with Crippen molar-refractivity contribution in [2.75, 3.05) is 18.0 Å². The Hall–Kier alpha value is -2.11. The molecular formula is C15H19N5O. The van der Waals surface area contributed by atoms with Gasteiger partial charge in [-0.05, 0) is 31.7 Å². The average molecular weight is 285 g/mol. The molecule has 0 bridgehead atoms. The fourth-order valence-electron chi connectivity index (χ4n) is 3.13. The Bertz CT molecular complexity index is 682. The van der Waals surface area contributed by atoms with Crippen molar-refractivity contribution in [3.63, 3.8) is 0 Å². The molecule has 0 aromatic carbocycles. The summed E-state index contributed by atoms with van der Waals surface area (Å²) in [5, 5.41) is 4.65. The Morgan fingerprint density at radius 2 is 2.00 bits per heavy atom. The average Bonchev–Trinajstić information content (AvgIpc) is 3.26. The summed E-state index contributed by atoms with van der Waals surface area (Å²) in [7, 11) is 0. The molecule has 6 heteroatoms. The van der Waals surface area contributed by atoms with Crippen LogP contribution in [0.1, 0.15) is 37.3 Å². The van der Waals surface area contributed by atoms with E-state index in [1.807, 2.05) is 10.7 Å². The first-order valence-corrected chi connectivity index (χ1v) is 7.61. The van der Waals surface area contributed by atoms with Crippen LogP contribution in [0.5, 0.6) is 0 Å². The molecule has 110 valence electrons. The quantitative estimate of drug-likeness (QED) is 0.922. The van der Waals surface area contributed by atoms with Crippen LogP contribution >= 0.6 is 0 Å². The van der Waals surface area contributed by atoms with Crippen LogP contribution in [0.25, 0.3) is 5.52 Å². The molecule has 6 nitrogen and oxygen atoms in total. The Kier molecular flexibility index (Phi) is 2.83. The smallest absolute Gasteiger partial charge is 0.220 e. The van der Waals surface area contributed by atoms with Gasteiger partial charge in [0.05, 0.1) is 5.69 Å². The summed E-state index contributed by atoms with van der Waals surface area (Å²) >= 11 is 0. The summed E-state index contributed by atoms with van der Waals surface area (Å²) in [5.41, 5.74) is 7.64. The van der Waals surface area contributed by atoms with Gasteiger partial charge in [-0.1, -0.05) is 0 Å². The Balaban J connectivity index is 1.62. The van der Waals surface area contributed by atoms with E-state index >= 15 is 0 Å². The van der Waals surface area contributed by atoms with Crippen molar-refractivity contribution < 1.29 is 4.79 Å². The second kappa shape index (κ2) is 4.72. The summed E-state index contributed by atoms with van der Waals surface area (Å²) in [4.78, 5) is 18.1. The Labute approximate surface area is 122 Å². The number of nitrogens with two attached hydrogens (primary N) is 1. The molecule has 2 aliphatic rings. The first kappa shape index (κ1) is 12.6. The molecule has 1 amide bonds. The lowest BCUT2D eigenvalue weighted by molar-refractivity contribution is -0.122. The summed E-state index contributed by atoms with van der Waals surface area (Å²) in [6.07, 6.45) is 7.81. The molecule has 0 unspecified atom stereocenters. The van der Waals surface area contributed by atoms with Gasteiger partial charge in [0.25, 0.3) is 0 Å². The van der Waals surface area contributed by atoms with Gasteiger partial charge in [0.15, 0.2) is 5.82 Å². The monoisotopic (exact) mass is 285 g/mol. The minimum atomic E-state index is -0.179. The van der Waals surface area contributed by atoms with Crippen molar-refractivity contribution in [1.29, 1.82) is 0 Å². The third-order valence-electron chi connectivity index (χ3n) is 4.58. The van der Waals surface area contributed by atoms with Gasteiger partial charge in [-0.3, -0.25) is 4.79 Å². The van der Waals surface area contributed by atoms with E-state index in [9.17, 15) is 4.79 Å². The first-order valence-electron chi connectivity index (χ1n) is 7.61. The lowest BCUT2D eigenvalue weighted by atomic mass is 9.96. The van der Waals surface area contributed by atoms with Gasteiger partial charge >= 0.3 is 0 Å². The SMILES string of the molecule is NC(=O)C1CCN(c2nccn3nc(C4CC4)cc23)CC1. The highest BCUT2D eigenvalue weighted by Gasteiger charge is 2.28. The van der Waals surface area contributed by atoms with Crippen LogP contribution in [0.3, 0.4) is 0 Å². The first-order chi connectivity index (χ1) is 10.2. The van der Waals surface area contributed by atoms with Crippen molar-refractivity contribution in [3.05, 3.63) is 24.2 Å². The fraction of sp³-hybridized carbons (Fsp3) is 0.533. The van der Waals surface area contributed by atoms with E-state index in [2.05, 4.69) is 21.0 Å². The highest BCUT2D eigenvalue weighted by molar-refractivity contribution is 5.77. The van der Waals surface area contributed by atoms with E-state index in [-0.39, 0.29) is 11.8 Å². The normalized spacial score (nSPS) is 20.1. The molecule has 21 heavy (non-hydrogen) atoms. The summed E-state index contributed by atoms with van der Waals surface area (Å²) in [6, 6.07) is 2.17. The summed E-state index contributed by atoms with van der Waals surface area (Å²) < 4.78 is 1.93. The molecule has 1 aliphatic heterocycles. The van der Waals surface area contributed by atoms with Crippen molar-refractivity contribution in [3.8, 4) is 0 Å². The van der Waals surface area contributed by atoms with Gasteiger partial charge in [0.2, 0.25) is 5.91 Å². The molecule has 1 aliphatic carbocycles. The zero-order valence-electron chi connectivity index (χ0n) is 11.9. The van der Waals surface area contributed by atoms with Gasteiger partial charge < -0.3 is 10.6 Å². The maximum atomic E-state index is 11.3. The third-order valence-corrected chi connectivity index (χ3v) is 4.58. The molecule has 3 heterocycles. The van der Waals surface area contributed by atoms with Gasteiger partial charge in [-0.15, -0.1) is 0 Å². The van der Waals surface area contributed by atoms with Crippen LogP contribution in [-0.2, 0) is 4.79 Å². The standard InChI is InChI=1S/C15H19N5O/c16-14(21)11-3-6-19(7-4-11)15-13-9-12(10-1-2-10)18-20(13)8-5-17-15/h5,8-11H,1-4,6-7H2,(H2,16,21). The van der Waals surface area contributed by atoms with Crippen molar-refractivity contribution in [1.82, 2.24) is 14.6 Å². The zero-order valence-corrected chi connectivity index (χ0v) is 11.9. The molecule has 2 N–H and O–H groups in total. The number of anilines is 1. The molecule has 4 rings (SSSR count). The molecule has 2 aromatic heterocycles. The highest BCUT2D eigenvalue weighted by Crippen LogP contribution is 2.40. The van der Waals surface area contributed by atoms with E-state index in [4.69, 9.17) is 5.73 Å². The lowest BCUT2D eigenvalue weighted by Crippen LogP contribution is -2.39. The van der Waals surface area contributed by atoms with E-state index in [1.54, 1.807) is 6.20 Å². The molecular weight excluding hydrogens is 266 g/mol. The van der Waals surface area contributed by atoms with Crippen LogP contribution in [-0.4, -0.2) is 33.6 Å². The second-order valence-electron chi connectivity index (χ2n) is 6.09. The van der Waals surface area contributed by atoms with Crippen LogP contribution in [0.4, 0.5) is 5.82 Å². The molecule has 0 spiro atoms. The molecule has 0 atom stereocenters. The number of hydrogen-bond acceptors (Lipinski definition) is 4. The van der Waals surface area contributed by atoms with Gasteiger partial charge in [0.1, 0.15) is 5.52 Å². The molecule has 2 fully saturated rings. The predicted octanol–water partition coefficient (Wildman–Crippen LogP) is 1.31. The third kappa shape index (κ3) is 2.24. The number of primary amides is 1. The number of amides is 1.